The van der Waals surface area contributed by atoms with Crippen molar-refractivity contribution in [3.05, 3.63) is 0 Å². The maximum Gasteiger partial charge on any atom is 0.0110 e. The Labute approximate surface area is 83.7 Å². The Bertz CT molecular complexity index is 125. The summed E-state index contributed by atoms with van der Waals surface area (Å²) in [6.07, 6.45) is 0. The molecule has 0 atom stereocenters. The highest BCUT2D eigenvalue weighted by Crippen LogP contribution is 1.99. The SMILES string of the molecule is CCN(CCNC(C)(C)C)C(C)C. The summed E-state index contributed by atoms with van der Waals surface area (Å²) in [4.78, 5) is 2.47. The molecule has 1 N–H and O–H groups in total. The van der Waals surface area contributed by atoms with E-state index in [9.17, 15) is 0 Å². The molecule has 0 rings (SSSR count). The van der Waals surface area contributed by atoms with E-state index in [1.807, 2.05) is 0 Å². The predicted octanol–water partition coefficient (Wildman–Crippen LogP) is 2.10. The van der Waals surface area contributed by atoms with Crippen molar-refractivity contribution in [2.75, 3.05) is 19.6 Å². The second-order valence-corrected chi connectivity index (χ2v) is 4.90. The van der Waals surface area contributed by atoms with Crippen LogP contribution in [-0.4, -0.2) is 36.1 Å². The van der Waals surface area contributed by atoms with Crippen molar-refractivity contribution in [3.8, 4) is 0 Å². The zero-order valence-electron chi connectivity index (χ0n) is 10.1. The normalized spacial score (nSPS) is 12.9. The fraction of sp³-hybridized carbons (Fsp3) is 1.00. The van der Waals surface area contributed by atoms with Crippen molar-refractivity contribution in [1.82, 2.24) is 10.2 Å². The minimum absolute atomic E-state index is 0.246. The Hall–Kier alpha value is -0.0800. The largest absolute Gasteiger partial charge is 0.311 e. The Balaban J connectivity index is 3.62. The van der Waals surface area contributed by atoms with E-state index in [-0.39, 0.29) is 5.54 Å². The van der Waals surface area contributed by atoms with Gasteiger partial charge in [0.05, 0.1) is 0 Å². The molecule has 0 saturated heterocycles. The molecule has 0 aromatic rings. The van der Waals surface area contributed by atoms with Gasteiger partial charge in [-0.15, -0.1) is 0 Å². The molecular weight excluding hydrogens is 160 g/mol. The maximum atomic E-state index is 3.50. The quantitative estimate of drug-likeness (QED) is 0.707. The van der Waals surface area contributed by atoms with Gasteiger partial charge in [0.1, 0.15) is 0 Å². The Kier molecular flexibility index (Phi) is 5.57. The Morgan fingerprint density at radius 2 is 1.77 bits per heavy atom. The van der Waals surface area contributed by atoms with Crippen molar-refractivity contribution in [3.63, 3.8) is 0 Å². The molecule has 0 amide bonds. The molecule has 0 heterocycles. The average molecular weight is 186 g/mol. The van der Waals surface area contributed by atoms with Gasteiger partial charge in [0, 0.05) is 24.7 Å². The van der Waals surface area contributed by atoms with Crippen molar-refractivity contribution in [2.24, 2.45) is 0 Å². The zero-order chi connectivity index (χ0) is 10.5. The molecule has 0 fully saturated rings. The summed E-state index contributed by atoms with van der Waals surface area (Å²) in [5.74, 6) is 0. The Morgan fingerprint density at radius 1 is 1.23 bits per heavy atom. The molecule has 0 radical (unpaired) electrons. The van der Waals surface area contributed by atoms with Crippen LogP contribution in [0.2, 0.25) is 0 Å². The fourth-order valence-electron chi connectivity index (χ4n) is 1.36. The van der Waals surface area contributed by atoms with Crippen molar-refractivity contribution in [2.45, 2.75) is 53.1 Å². The zero-order valence-corrected chi connectivity index (χ0v) is 10.1. The molecule has 0 spiro atoms. The van der Waals surface area contributed by atoms with Gasteiger partial charge in [0.15, 0.2) is 0 Å². The highest BCUT2D eigenvalue weighted by molar-refractivity contribution is 4.71. The van der Waals surface area contributed by atoms with Gasteiger partial charge in [-0.25, -0.2) is 0 Å². The first-order valence-electron chi connectivity index (χ1n) is 5.36. The van der Waals surface area contributed by atoms with E-state index in [0.29, 0.717) is 6.04 Å². The van der Waals surface area contributed by atoms with Gasteiger partial charge in [-0.3, -0.25) is 4.90 Å². The van der Waals surface area contributed by atoms with E-state index in [1.54, 1.807) is 0 Å². The molecule has 0 aromatic heterocycles. The van der Waals surface area contributed by atoms with Gasteiger partial charge >= 0.3 is 0 Å². The molecule has 0 aromatic carbocycles. The molecule has 0 bridgehead atoms. The molecule has 13 heavy (non-hydrogen) atoms. The van der Waals surface area contributed by atoms with Crippen LogP contribution in [0.1, 0.15) is 41.5 Å². The summed E-state index contributed by atoms with van der Waals surface area (Å²) in [6.45, 7) is 16.7. The molecule has 2 heteroatoms. The number of nitrogens with one attached hydrogen (secondary N) is 1. The van der Waals surface area contributed by atoms with Crippen LogP contribution in [0.5, 0.6) is 0 Å². The van der Waals surface area contributed by atoms with Crippen molar-refractivity contribution in [1.29, 1.82) is 0 Å². The molecule has 0 aliphatic carbocycles. The molecule has 0 unspecified atom stereocenters. The smallest absolute Gasteiger partial charge is 0.0110 e. The van der Waals surface area contributed by atoms with Crippen LogP contribution < -0.4 is 5.32 Å². The minimum Gasteiger partial charge on any atom is -0.311 e. The third kappa shape index (κ3) is 7.03. The molecule has 0 aliphatic heterocycles. The summed E-state index contributed by atoms with van der Waals surface area (Å²) in [5.41, 5.74) is 0.246. The lowest BCUT2D eigenvalue weighted by Gasteiger charge is -2.27. The second-order valence-electron chi connectivity index (χ2n) is 4.90. The summed E-state index contributed by atoms with van der Waals surface area (Å²) in [6, 6.07) is 0.659. The van der Waals surface area contributed by atoms with E-state index >= 15 is 0 Å². The predicted molar refractivity (Wildman–Crippen MR) is 60.1 cm³/mol. The van der Waals surface area contributed by atoms with Crippen molar-refractivity contribution >= 4 is 0 Å². The Morgan fingerprint density at radius 3 is 2.08 bits per heavy atom. The van der Waals surface area contributed by atoms with Gasteiger partial charge in [-0.2, -0.15) is 0 Å². The third-order valence-electron chi connectivity index (χ3n) is 2.19. The van der Waals surface area contributed by atoms with E-state index in [4.69, 9.17) is 0 Å². The summed E-state index contributed by atoms with van der Waals surface area (Å²) in [5, 5.41) is 3.50. The summed E-state index contributed by atoms with van der Waals surface area (Å²) < 4.78 is 0. The molecular formula is C11H26N2. The lowest BCUT2D eigenvalue weighted by Crippen LogP contribution is -2.43. The second kappa shape index (κ2) is 5.61. The monoisotopic (exact) mass is 186 g/mol. The number of nitrogens with zero attached hydrogens (tertiary/aromatic N) is 1. The van der Waals surface area contributed by atoms with Crippen LogP contribution in [0.3, 0.4) is 0 Å². The van der Waals surface area contributed by atoms with E-state index < -0.39 is 0 Å². The van der Waals surface area contributed by atoms with E-state index in [1.165, 1.54) is 0 Å². The lowest BCUT2D eigenvalue weighted by molar-refractivity contribution is 0.225. The topological polar surface area (TPSA) is 15.3 Å². The van der Waals surface area contributed by atoms with Gasteiger partial charge in [0.2, 0.25) is 0 Å². The molecule has 2 nitrogen and oxygen atoms in total. The van der Waals surface area contributed by atoms with Crippen LogP contribution in [-0.2, 0) is 0 Å². The molecule has 80 valence electrons. The number of rotatable bonds is 5. The van der Waals surface area contributed by atoms with Gasteiger partial charge < -0.3 is 5.32 Å². The van der Waals surface area contributed by atoms with Gasteiger partial charge in [0.25, 0.3) is 0 Å². The van der Waals surface area contributed by atoms with Gasteiger partial charge in [-0.05, 0) is 41.2 Å². The number of hydrogen-bond acceptors (Lipinski definition) is 2. The summed E-state index contributed by atoms with van der Waals surface area (Å²) >= 11 is 0. The molecule has 0 saturated carbocycles. The maximum absolute atomic E-state index is 3.50. The van der Waals surface area contributed by atoms with Crippen LogP contribution in [0.25, 0.3) is 0 Å². The van der Waals surface area contributed by atoms with Gasteiger partial charge in [-0.1, -0.05) is 6.92 Å². The first-order valence-corrected chi connectivity index (χ1v) is 5.36. The number of hydrogen-bond donors (Lipinski definition) is 1. The first-order chi connectivity index (χ1) is 5.87. The van der Waals surface area contributed by atoms with E-state index in [2.05, 4.69) is 51.8 Å². The van der Waals surface area contributed by atoms with Crippen LogP contribution in [0, 0.1) is 0 Å². The van der Waals surface area contributed by atoms with Crippen LogP contribution in [0.4, 0.5) is 0 Å². The van der Waals surface area contributed by atoms with E-state index in [0.717, 1.165) is 19.6 Å². The standard InChI is InChI=1S/C11H26N2/c1-7-13(10(2)3)9-8-12-11(4,5)6/h10,12H,7-9H2,1-6H3. The minimum atomic E-state index is 0.246. The third-order valence-corrected chi connectivity index (χ3v) is 2.19. The fourth-order valence-corrected chi connectivity index (χ4v) is 1.36. The molecule has 0 aliphatic rings. The lowest BCUT2D eigenvalue weighted by atomic mass is 10.1. The summed E-state index contributed by atoms with van der Waals surface area (Å²) in [7, 11) is 0. The van der Waals surface area contributed by atoms with Crippen molar-refractivity contribution < 1.29 is 0 Å². The first kappa shape index (κ1) is 12.9. The van der Waals surface area contributed by atoms with Crippen LogP contribution in [0.15, 0.2) is 0 Å². The highest BCUT2D eigenvalue weighted by Gasteiger charge is 2.10. The van der Waals surface area contributed by atoms with Crippen LogP contribution >= 0.6 is 0 Å². The average Bonchev–Trinajstić information content (AvgIpc) is 1.95. The highest BCUT2D eigenvalue weighted by atomic mass is 15.2. The number of likely N-dealkylation sites (N-methyl/N-ethyl adjacent to an activating group) is 1.